The molecule has 0 saturated heterocycles. The molecule has 4 heteroatoms. The Labute approximate surface area is 124 Å². The van der Waals surface area contributed by atoms with Crippen molar-refractivity contribution in [1.82, 2.24) is 0 Å². The Hall–Kier alpha value is -2.07. The van der Waals surface area contributed by atoms with Crippen molar-refractivity contribution in [3.63, 3.8) is 0 Å². The summed E-state index contributed by atoms with van der Waals surface area (Å²) in [4.78, 5) is 0. The van der Waals surface area contributed by atoms with Crippen LogP contribution in [0, 0.1) is 12.7 Å². The van der Waals surface area contributed by atoms with Crippen LogP contribution < -0.4 is 15.2 Å². The van der Waals surface area contributed by atoms with Gasteiger partial charge in [-0.3, -0.25) is 0 Å². The van der Waals surface area contributed by atoms with Crippen molar-refractivity contribution >= 4 is 0 Å². The van der Waals surface area contributed by atoms with Gasteiger partial charge in [0.15, 0.2) is 11.6 Å². The third kappa shape index (κ3) is 3.52. The Kier molecular flexibility index (Phi) is 4.81. The first kappa shape index (κ1) is 15.3. The van der Waals surface area contributed by atoms with Crippen molar-refractivity contribution in [2.75, 3.05) is 7.11 Å². The van der Waals surface area contributed by atoms with Gasteiger partial charge in [-0.2, -0.15) is 0 Å². The highest BCUT2D eigenvalue weighted by atomic mass is 19.1. The first-order chi connectivity index (χ1) is 10.0. The number of rotatable bonds is 5. The van der Waals surface area contributed by atoms with E-state index in [1.54, 1.807) is 32.2 Å². The molecular formula is C17H20FNO2. The average Bonchev–Trinajstić information content (AvgIpc) is 2.48. The van der Waals surface area contributed by atoms with Crippen molar-refractivity contribution in [2.24, 2.45) is 5.73 Å². The molecule has 0 aromatic heterocycles. The summed E-state index contributed by atoms with van der Waals surface area (Å²) < 4.78 is 24.8. The van der Waals surface area contributed by atoms with E-state index >= 15 is 0 Å². The first-order valence-electron chi connectivity index (χ1n) is 6.83. The van der Waals surface area contributed by atoms with Crippen LogP contribution in [0.1, 0.15) is 29.7 Å². The lowest BCUT2D eigenvalue weighted by Gasteiger charge is -2.14. The SMILES string of the molecule is COc1ccc(C(C)N)cc1COc1cccc(C)c1F. The Morgan fingerprint density at radius 3 is 2.62 bits per heavy atom. The van der Waals surface area contributed by atoms with E-state index in [9.17, 15) is 4.39 Å². The minimum atomic E-state index is -0.334. The number of ether oxygens (including phenoxy) is 2. The Bertz CT molecular complexity index is 626. The molecule has 2 aromatic carbocycles. The molecule has 112 valence electrons. The third-order valence-corrected chi connectivity index (χ3v) is 3.37. The molecule has 0 aliphatic carbocycles. The van der Waals surface area contributed by atoms with Crippen LogP contribution in [0.25, 0.3) is 0 Å². The van der Waals surface area contributed by atoms with Crippen LogP contribution >= 0.6 is 0 Å². The van der Waals surface area contributed by atoms with Crippen LogP contribution in [-0.2, 0) is 6.61 Å². The summed E-state index contributed by atoms with van der Waals surface area (Å²) in [6, 6.07) is 10.7. The molecule has 0 heterocycles. The molecule has 0 fully saturated rings. The molecule has 2 rings (SSSR count). The normalized spacial score (nSPS) is 12.0. The lowest BCUT2D eigenvalue weighted by molar-refractivity contribution is 0.282. The second kappa shape index (κ2) is 6.59. The highest BCUT2D eigenvalue weighted by molar-refractivity contribution is 5.38. The van der Waals surface area contributed by atoms with Crippen molar-refractivity contribution in [1.29, 1.82) is 0 Å². The highest BCUT2D eigenvalue weighted by Gasteiger charge is 2.10. The Balaban J connectivity index is 2.22. The number of hydrogen-bond acceptors (Lipinski definition) is 3. The second-order valence-corrected chi connectivity index (χ2v) is 5.04. The number of methoxy groups -OCH3 is 1. The van der Waals surface area contributed by atoms with E-state index in [1.165, 1.54) is 0 Å². The monoisotopic (exact) mass is 289 g/mol. The van der Waals surface area contributed by atoms with Crippen LogP contribution in [0.4, 0.5) is 4.39 Å². The molecule has 21 heavy (non-hydrogen) atoms. The van der Waals surface area contributed by atoms with Crippen LogP contribution in [-0.4, -0.2) is 7.11 Å². The van der Waals surface area contributed by atoms with Gasteiger partial charge < -0.3 is 15.2 Å². The lowest BCUT2D eigenvalue weighted by Crippen LogP contribution is -2.07. The van der Waals surface area contributed by atoms with Crippen molar-refractivity contribution in [2.45, 2.75) is 26.5 Å². The van der Waals surface area contributed by atoms with Gasteiger partial charge in [-0.1, -0.05) is 18.2 Å². The molecule has 0 radical (unpaired) electrons. The van der Waals surface area contributed by atoms with Gasteiger partial charge in [-0.15, -0.1) is 0 Å². The summed E-state index contributed by atoms with van der Waals surface area (Å²) in [6.07, 6.45) is 0. The van der Waals surface area contributed by atoms with E-state index in [-0.39, 0.29) is 24.2 Å². The molecule has 0 saturated carbocycles. The second-order valence-electron chi connectivity index (χ2n) is 5.04. The molecule has 0 aliphatic rings. The van der Waals surface area contributed by atoms with Crippen LogP contribution in [0.3, 0.4) is 0 Å². The Morgan fingerprint density at radius 2 is 1.95 bits per heavy atom. The fourth-order valence-electron chi connectivity index (χ4n) is 2.08. The van der Waals surface area contributed by atoms with E-state index in [0.717, 1.165) is 11.1 Å². The van der Waals surface area contributed by atoms with Crippen LogP contribution in [0.15, 0.2) is 36.4 Å². The van der Waals surface area contributed by atoms with Crippen molar-refractivity contribution < 1.29 is 13.9 Å². The maximum atomic E-state index is 13.9. The summed E-state index contributed by atoms with van der Waals surface area (Å²) in [6.45, 7) is 3.84. The van der Waals surface area contributed by atoms with E-state index in [0.29, 0.717) is 11.3 Å². The molecule has 2 aromatic rings. The standard InChI is InChI=1S/C17H20FNO2/c1-11-5-4-6-16(17(11)18)21-10-14-9-13(12(2)19)7-8-15(14)20-3/h4-9,12H,10,19H2,1-3H3. The molecule has 0 bridgehead atoms. The summed E-state index contributed by atoms with van der Waals surface area (Å²) in [5.41, 5.74) is 8.27. The van der Waals surface area contributed by atoms with Crippen molar-refractivity contribution in [3.05, 3.63) is 58.9 Å². The number of hydrogen-bond donors (Lipinski definition) is 1. The van der Waals surface area contributed by atoms with Gasteiger partial charge in [0.1, 0.15) is 12.4 Å². The molecule has 0 aliphatic heterocycles. The molecule has 0 spiro atoms. The minimum absolute atomic E-state index is 0.0784. The number of benzene rings is 2. The molecule has 1 atom stereocenters. The van der Waals surface area contributed by atoms with Gasteiger partial charge in [0, 0.05) is 11.6 Å². The highest BCUT2D eigenvalue weighted by Crippen LogP contribution is 2.26. The van der Waals surface area contributed by atoms with Gasteiger partial charge in [-0.25, -0.2) is 4.39 Å². The summed E-state index contributed by atoms with van der Waals surface area (Å²) in [5, 5.41) is 0. The predicted molar refractivity (Wildman–Crippen MR) is 81.1 cm³/mol. The number of aryl methyl sites for hydroxylation is 1. The number of halogens is 1. The molecular weight excluding hydrogens is 269 g/mol. The van der Waals surface area contributed by atoms with Gasteiger partial charge in [0.05, 0.1) is 7.11 Å². The Morgan fingerprint density at radius 1 is 1.19 bits per heavy atom. The minimum Gasteiger partial charge on any atom is -0.496 e. The van der Waals surface area contributed by atoms with E-state index in [2.05, 4.69) is 0 Å². The summed E-state index contributed by atoms with van der Waals surface area (Å²) >= 11 is 0. The molecule has 3 nitrogen and oxygen atoms in total. The zero-order valence-corrected chi connectivity index (χ0v) is 12.5. The zero-order valence-electron chi connectivity index (χ0n) is 12.5. The third-order valence-electron chi connectivity index (χ3n) is 3.37. The zero-order chi connectivity index (χ0) is 15.4. The number of nitrogens with two attached hydrogens (primary N) is 1. The van der Waals surface area contributed by atoms with E-state index in [1.807, 2.05) is 25.1 Å². The fourth-order valence-corrected chi connectivity index (χ4v) is 2.08. The quantitative estimate of drug-likeness (QED) is 0.912. The van der Waals surface area contributed by atoms with Crippen LogP contribution in [0.2, 0.25) is 0 Å². The first-order valence-corrected chi connectivity index (χ1v) is 6.83. The average molecular weight is 289 g/mol. The largest absolute Gasteiger partial charge is 0.496 e. The smallest absolute Gasteiger partial charge is 0.167 e. The van der Waals surface area contributed by atoms with Crippen LogP contribution in [0.5, 0.6) is 11.5 Å². The maximum absolute atomic E-state index is 13.9. The summed E-state index contributed by atoms with van der Waals surface area (Å²) in [5.74, 6) is 0.607. The molecule has 2 N–H and O–H groups in total. The molecule has 1 unspecified atom stereocenters. The molecule has 0 amide bonds. The van der Waals surface area contributed by atoms with Gasteiger partial charge >= 0.3 is 0 Å². The lowest BCUT2D eigenvalue weighted by atomic mass is 10.1. The fraction of sp³-hybridized carbons (Fsp3) is 0.294. The van der Waals surface area contributed by atoms with Crippen molar-refractivity contribution in [3.8, 4) is 11.5 Å². The van der Waals surface area contributed by atoms with Gasteiger partial charge in [0.2, 0.25) is 0 Å². The van der Waals surface area contributed by atoms with Gasteiger partial charge in [0.25, 0.3) is 0 Å². The topological polar surface area (TPSA) is 44.5 Å². The summed E-state index contributed by atoms with van der Waals surface area (Å²) in [7, 11) is 1.59. The van der Waals surface area contributed by atoms with E-state index < -0.39 is 0 Å². The maximum Gasteiger partial charge on any atom is 0.167 e. The van der Waals surface area contributed by atoms with Gasteiger partial charge in [-0.05, 0) is 43.2 Å². The van der Waals surface area contributed by atoms with E-state index in [4.69, 9.17) is 15.2 Å². The predicted octanol–water partition coefficient (Wildman–Crippen LogP) is 3.74.